The third kappa shape index (κ3) is 5.56. The number of benzene rings is 2. The summed E-state index contributed by atoms with van der Waals surface area (Å²) in [4.78, 5) is 28.3. The molecule has 1 aromatic heterocycles. The van der Waals surface area contributed by atoms with Crippen LogP contribution in [0.2, 0.25) is 0 Å². The maximum absolute atomic E-state index is 12.8. The number of ether oxygens (including phenoxy) is 1. The van der Waals surface area contributed by atoms with E-state index in [-0.39, 0.29) is 24.0 Å². The predicted molar refractivity (Wildman–Crippen MR) is 126 cm³/mol. The molecule has 2 heterocycles. The first kappa shape index (κ1) is 22.1. The van der Waals surface area contributed by atoms with Gasteiger partial charge in [0.1, 0.15) is 6.61 Å². The highest BCUT2D eigenvalue weighted by atomic mass is 32.1. The summed E-state index contributed by atoms with van der Waals surface area (Å²) >= 11 is 1.64. The smallest absolute Gasteiger partial charge is 0.410 e. The quantitative estimate of drug-likeness (QED) is 0.545. The number of carbonyl (C=O) groups excluding carboxylic acids is 2. The van der Waals surface area contributed by atoms with Crippen LogP contribution in [-0.4, -0.2) is 30.0 Å². The fourth-order valence-corrected chi connectivity index (χ4v) is 4.90. The Kier molecular flexibility index (Phi) is 7.22. The number of nitrogens with zero attached hydrogens (tertiary/aromatic N) is 1. The number of rotatable bonds is 7. The van der Waals surface area contributed by atoms with Crippen LogP contribution < -0.4 is 5.32 Å². The topological polar surface area (TPSA) is 58.6 Å². The van der Waals surface area contributed by atoms with Gasteiger partial charge in [0.05, 0.1) is 6.54 Å². The van der Waals surface area contributed by atoms with Gasteiger partial charge in [-0.2, -0.15) is 0 Å². The number of hydrogen-bond donors (Lipinski definition) is 1. The molecule has 2 aromatic carbocycles. The fraction of sp³-hybridized carbons (Fsp3) is 0.308. The molecule has 4 rings (SSSR count). The number of carbonyl (C=O) groups is 2. The molecular weight excluding hydrogens is 420 g/mol. The molecule has 1 aliphatic rings. The van der Waals surface area contributed by atoms with Gasteiger partial charge in [0.15, 0.2) is 0 Å². The van der Waals surface area contributed by atoms with Crippen molar-refractivity contribution in [2.24, 2.45) is 0 Å². The van der Waals surface area contributed by atoms with Crippen molar-refractivity contribution in [3.05, 3.63) is 94.2 Å². The van der Waals surface area contributed by atoms with Crippen LogP contribution in [0.1, 0.15) is 35.3 Å². The van der Waals surface area contributed by atoms with Crippen LogP contribution in [0.4, 0.5) is 4.79 Å². The summed E-state index contributed by atoms with van der Waals surface area (Å²) < 4.78 is 5.51. The van der Waals surface area contributed by atoms with Gasteiger partial charge in [0, 0.05) is 29.8 Å². The largest absolute Gasteiger partial charge is 0.445 e. The molecule has 0 unspecified atom stereocenters. The first-order chi connectivity index (χ1) is 15.6. The Labute approximate surface area is 193 Å². The zero-order chi connectivity index (χ0) is 22.2. The lowest BCUT2D eigenvalue weighted by Crippen LogP contribution is -2.47. The molecule has 1 aliphatic heterocycles. The van der Waals surface area contributed by atoms with Gasteiger partial charge in [-0.3, -0.25) is 4.79 Å². The fourth-order valence-electron chi connectivity index (χ4n) is 4.26. The Hall–Kier alpha value is -3.12. The molecule has 0 radical (unpaired) electrons. The van der Waals surface area contributed by atoms with E-state index in [1.165, 1.54) is 0 Å². The number of amides is 2. The summed E-state index contributed by atoms with van der Waals surface area (Å²) in [5.41, 5.74) is 1.85. The van der Waals surface area contributed by atoms with Crippen molar-refractivity contribution in [3.8, 4) is 0 Å². The lowest BCUT2D eigenvalue weighted by molar-refractivity contribution is -0.123. The molecule has 1 N–H and O–H groups in total. The monoisotopic (exact) mass is 448 g/mol. The number of piperidine rings is 1. The van der Waals surface area contributed by atoms with E-state index < -0.39 is 0 Å². The van der Waals surface area contributed by atoms with Gasteiger partial charge in [-0.25, -0.2) is 4.79 Å². The molecule has 0 spiro atoms. The maximum Gasteiger partial charge on any atom is 0.410 e. The highest BCUT2D eigenvalue weighted by molar-refractivity contribution is 7.09. The standard InChI is InChI=1S/C26H28N2O3S/c29-24(27-19-23-12-7-17-32-23)18-26(22-10-5-2-6-11-22)13-15-28(16-14-26)25(30)31-20-21-8-3-1-4-9-21/h1-12,17H,13-16,18-20H2,(H,27,29). The molecule has 2 amide bonds. The second-order valence-electron chi connectivity index (χ2n) is 8.21. The third-order valence-electron chi connectivity index (χ3n) is 6.11. The van der Waals surface area contributed by atoms with Gasteiger partial charge in [0.2, 0.25) is 5.91 Å². The van der Waals surface area contributed by atoms with Crippen molar-refractivity contribution in [2.45, 2.75) is 37.8 Å². The maximum atomic E-state index is 12.8. The molecule has 0 saturated carbocycles. The molecule has 3 aromatic rings. The zero-order valence-corrected chi connectivity index (χ0v) is 18.9. The second kappa shape index (κ2) is 10.5. The lowest BCUT2D eigenvalue weighted by Gasteiger charge is -2.41. The number of thiophene rings is 1. The van der Waals surface area contributed by atoms with Crippen LogP contribution in [-0.2, 0) is 28.1 Å². The van der Waals surface area contributed by atoms with E-state index >= 15 is 0 Å². The van der Waals surface area contributed by atoms with E-state index in [1.54, 1.807) is 16.2 Å². The minimum Gasteiger partial charge on any atom is -0.445 e. The van der Waals surface area contributed by atoms with Gasteiger partial charge >= 0.3 is 6.09 Å². The lowest BCUT2D eigenvalue weighted by atomic mass is 9.70. The van der Waals surface area contributed by atoms with Gasteiger partial charge in [0.25, 0.3) is 0 Å². The Morgan fingerprint density at radius 2 is 1.62 bits per heavy atom. The number of likely N-dealkylation sites (tertiary alicyclic amines) is 1. The van der Waals surface area contributed by atoms with E-state index in [2.05, 4.69) is 17.4 Å². The Morgan fingerprint density at radius 3 is 2.28 bits per heavy atom. The molecule has 0 aliphatic carbocycles. The summed E-state index contributed by atoms with van der Waals surface area (Å²) in [5.74, 6) is 0.0438. The molecule has 1 fully saturated rings. The van der Waals surface area contributed by atoms with Crippen molar-refractivity contribution < 1.29 is 14.3 Å². The van der Waals surface area contributed by atoms with Crippen LogP contribution in [0.3, 0.4) is 0 Å². The van der Waals surface area contributed by atoms with Crippen molar-refractivity contribution in [1.82, 2.24) is 10.2 Å². The average molecular weight is 449 g/mol. The van der Waals surface area contributed by atoms with Crippen molar-refractivity contribution in [2.75, 3.05) is 13.1 Å². The Morgan fingerprint density at radius 1 is 0.938 bits per heavy atom. The molecule has 1 saturated heterocycles. The van der Waals surface area contributed by atoms with E-state index in [9.17, 15) is 9.59 Å². The second-order valence-corrected chi connectivity index (χ2v) is 9.24. The van der Waals surface area contributed by atoms with Crippen LogP contribution in [0, 0.1) is 0 Å². The first-order valence-electron chi connectivity index (χ1n) is 10.9. The molecule has 166 valence electrons. The van der Waals surface area contributed by atoms with Crippen LogP contribution >= 0.6 is 11.3 Å². The minimum absolute atomic E-state index is 0.0438. The number of hydrogen-bond acceptors (Lipinski definition) is 4. The van der Waals surface area contributed by atoms with Crippen molar-refractivity contribution in [3.63, 3.8) is 0 Å². The van der Waals surface area contributed by atoms with Gasteiger partial charge in [-0.05, 0) is 35.4 Å². The van der Waals surface area contributed by atoms with Gasteiger partial charge in [-0.15, -0.1) is 11.3 Å². The molecule has 32 heavy (non-hydrogen) atoms. The molecular formula is C26H28N2O3S. The van der Waals surface area contributed by atoms with Crippen molar-refractivity contribution in [1.29, 1.82) is 0 Å². The summed E-state index contributed by atoms with van der Waals surface area (Å²) in [5, 5.41) is 5.08. The minimum atomic E-state index is -0.294. The van der Waals surface area contributed by atoms with Gasteiger partial charge in [-0.1, -0.05) is 66.7 Å². The van der Waals surface area contributed by atoms with E-state index in [1.807, 2.05) is 66.0 Å². The van der Waals surface area contributed by atoms with E-state index in [4.69, 9.17) is 4.74 Å². The molecule has 0 bridgehead atoms. The van der Waals surface area contributed by atoms with Crippen molar-refractivity contribution >= 4 is 23.3 Å². The Bertz CT molecular complexity index is 998. The van der Waals surface area contributed by atoms with E-state index in [0.717, 1.165) is 28.8 Å². The Balaban J connectivity index is 1.37. The predicted octanol–water partition coefficient (Wildman–Crippen LogP) is 5.13. The average Bonchev–Trinajstić information content (AvgIpc) is 3.37. The summed E-state index contributed by atoms with van der Waals surface area (Å²) in [6.07, 6.45) is 1.57. The van der Waals surface area contributed by atoms with Crippen LogP contribution in [0.5, 0.6) is 0 Å². The first-order valence-corrected chi connectivity index (χ1v) is 11.8. The molecule has 6 heteroatoms. The highest BCUT2D eigenvalue weighted by Gasteiger charge is 2.39. The number of nitrogens with one attached hydrogen (secondary N) is 1. The van der Waals surface area contributed by atoms with Gasteiger partial charge < -0.3 is 15.0 Å². The highest BCUT2D eigenvalue weighted by Crippen LogP contribution is 2.39. The molecule has 5 nitrogen and oxygen atoms in total. The SMILES string of the molecule is O=C(CC1(c2ccccc2)CCN(C(=O)OCc2ccccc2)CC1)NCc1cccs1. The van der Waals surface area contributed by atoms with Crippen LogP contribution in [0.15, 0.2) is 78.2 Å². The zero-order valence-electron chi connectivity index (χ0n) is 18.0. The third-order valence-corrected chi connectivity index (χ3v) is 6.99. The van der Waals surface area contributed by atoms with Crippen LogP contribution in [0.25, 0.3) is 0 Å². The molecule has 0 atom stereocenters. The summed E-state index contributed by atoms with van der Waals surface area (Å²) in [7, 11) is 0. The normalized spacial score (nSPS) is 15.2. The summed E-state index contributed by atoms with van der Waals surface area (Å²) in [6, 6.07) is 23.9. The van der Waals surface area contributed by atoms with E-state index in [0.29, 0.717) is 26.1 Å². The summed E-state index contributed by atoms with van der Waals surface area (Å²) in [6.45, 7) is 1.96.